The van der Waals surface area contributed by atoms with Crippen LogP contribution < -0.4 is 10.6 Å². The van der Waals surface area contributed by atoms with Crippen LogP contribution in [0, 0.1) is 5.92 Å². The predicted octanol–water partition coefficient (Wildman–Crippen LogP) is 4.63. The van der Waals surface area contributed by atoms with Crippen LogP contribution in [0.25, 0.3) is 0 Å². The average molecular weight is 336 g/mol. The van der Waals surface area contributed by atoms with Crippen LogP contribution in [0.5, 0.6) is 0 Å². The fraction of sp³-hybridized carbons (Fsp3) is 0.333. The number of aryl methyl sites for hydroxylation is 1. The molecule has 2 amide bonds. The second-order valence-corrected chi connectivity index (χ2v) is 6.60. The van der Waals surface area contributed by atoms with Crippen LogP contribution in [0.4, 0.5) is 11.4 Å². The number of carbonyl (C=O) groups excluding carboxylic acids is 2. The van der Waals surface area contributed by atoms with Gasteiger partial charge in [0.15, 0.2) is 0 Å². The van der Waals surface area contributed by atoms with Crippen LogP contribution in [0.2, 0.25) is 0 Å². The van der Waals surface area contributed by atoms with Crippen molar-refractivity contribution in [2.24, 2.45) is 5.92 Å². The Morgan fingerprint density at radius 2 is 1.52 bits per heavy atom. The standard InChI is InChI=1S/C21H24N2O2/c1-2-3-4-15-5-11-18(12-6-15)22-21(25)17-9-13-19(14-10-17)23-20(24)16-7-8-16/h5-6,9-14,16H,2-4,7-8H2,1H3,(H,22,25)(H,23,24). The lowest BCUT2D eigenvalue weighted by Gasteiger charge is -2.08. The van der Waals surface area contributed by atoms with Crippen LogP contribution >= 0.6 is 0 Å². The fourth-order valence-electron chi connectivity index (χ4n) is 2.63. The molecule has 0 aliphatic heterocycles. The molecule has 0 saturated heterocycles. The Hall–Kier alpha value is -2.62. The van der Waals surface area contributed by atoms with Gasteiger partial charge in [0.1, 0.15) is 0 Å². The summed E-state index contributed by atoms with van der Waals surface area (Å²) in [4.78, 5) is 24.1. The molecule has 0 atom stereocenters. The highest BCUT2D eigenvalue weighted by molar-refractivity contribution is 6.04. The SMILES string of the molecule is CCCCc1ccc(NC(=O)c2ccc(NC(=O)C3CC3)cc2)cc1. The van der Waals surface area contributed by atoms with Gasteiger partial charge in [0.25, 0.3) is 5.91 Å². The number of amides is 2. The largest absolute Gasteiger partial charge is 0.326 e. The van der Waals surface area contributed by atoms with Gasteiger partial charge in [-0.05, 0) is 67.6 Å². The Morgan fingerprint density at radius 1 is 0.920 bits per heavy atom. The topological polar surface area (TPSA) is 58.2 Å². The summed E-state index contributed by atoms with van der Waals surface area (Å²) in [7, 11) is 0. The molecule has 0 radical (unpaired) electrons. The van der Waals surface area contributed by atoms with E-state index in [1.54, 1.807) is 24.3 Å². The fourth-order valence-corrected chi connectivity index (χ4v) is 2.63. The summed E-state index contributed by atoms with van der Waals surface area (Å²) < 4.78 is 0. The third kappa shape index (κ3) is 4.92. The molecule has 1 fully saturated rings. The second-order valence-electron chi connectivity index (χ2n) is 6.60. The number of nitrogens with one attached hydrogen (secondary N) is 2. The molecule has 0 bridgehead atoms. The number of rotatable bonds is 7. The summed E-state index contributed by atoms with van der Waals surface area (Å²) in [5.41, 5.74) is 3.38. The highest BCUT2D eigenvalue weighted by Crippen LogP contribution is 2.30. The molecule has 2 aromatic carbocycles. The van der Waals surface area contributed by atoms with E-state index >= 15 is 0 Å². The van der Waals surface area contributed by atoms with Crippen LogP contribution in [0.15, 0.2) is 48.5 Å². The van der Waals surface area contributed by atoms with Crippen molar-refractivity contribution in [1.29, 1.82) is 0 Å². The van der Waals surface area contributed by atoms with Crippen molar-refractivity contribution in [3.05, 3.63) is 59.7 Å². The Labute approximate surface area is 148 Å². The van der Waals surface area contributed by atoms with Crippen molar-refractivity contribution in [2.45, 2.75) is 39.0 Å². The maximum absolute atomic E-state index is 12.3. The Bertz CT molecular complexity index is 731. The van der Waals surface area contributed by atoms with E-state index in [2.05, 4.69) is 29.7 Å². The van der Waals surface area contributed by atoms with Gasteiger partial charge in [-0.1, -0.05) is 25.5 Å². The van der Waals surface area contributed by atoms with E-state index in [1.807, 2.05) is 12.1 Å². The molecule has 1 saturated carbocycles. The maximum Gasteiger partial charge on any atom is 0.255 e. The third-order valence-corrected chi connectivity index (χ3v) is 4.39. The molecular formula is C21H24N2O2. The summed E-state index contributed by atoms with van der Waals surface area (Å²) >= 11 is 0. The molecule has 2 aromatic rings. The zero-order valence-electron chi connectivity index (χ0n) is 14.5. The van der Waals surface area contributed by atoms with E-state index in [9.17, 15) is 9.59 Å². The molecule has 1 aliphatic rings. The second kappa shape index (κ2) is 7.97. The summed E-state index contributed by atoms with van der Waals surface area (Å²) in [5, 5.41) is 5.78. The van der Waals surface area contributed by atoms with E-state index in [-0.39, 0.29) is 17.7 Å². The lowest BCUT2D eigenvalue weighted by molar-refractivity contribution is -0.117. The van der Waals surface area contributed by atoms with Gasteiger partial charge in [0.05, 0.1) is 0 Å². The molecule has 0 unspecified atom stereocenters. The van der Waals surface area contributed by atoms with Gasteiger partial charge >= 0.3 is 0 Å². The van der Waals surface area contributed by atoms with Crippen molar-refractivity contribution in [3.8, 4) is 0 Å². The molecule has 0 aromatic heterocycles. The first-order valence-electron chi connectivity index (χ1n) is 8.97. The molecule has 130 valence electrons. The molecule has 25 heavy (non-hydrogen) atoms. The number of hydrogen-bond acceptors (Lipinski definition) is 2. The van der Waals surface area contributed by atoms with Gasteiger partial charge < -0.3 is 10.6 Å². The molecule has 0 spiro atoms. The third-order valence-electron chi connectivity index (χ3n) is 4.39. The lowest BCUT2D eigenvalue weighted by Crippen LogP contribution is -2.14. The van der Waals surface area contributed by atoms with Gasteiger partial charge in [-0.15, -0.1) is 0 Å². The van der Waals surface area contributed by atoms with Gasteiger partial charge in [-0.2, -0.15) is 0 Å². The Balaban J connectivity index is 1.56. The summed E-state index contributed by atoms with van der Waals surface area (Å²) in [6.07, 6.45) is 5.37. The van der Waals surface area contributed by atoms with Crippen LogP contribution in [-0.2, 0) is 11.2 Å². The van der Waals surface area contributed by atoms with Crippen molar-refractivity contribution in [1.82, 2.24) is 0 Å². The molecule has 1 aliphatic carbocycles. The lowest BCUT2D eigenvalue weighted by atomic mass is 10.1. The first-order chi connectivity index (χ1) is 12.2. The van der Waals surface area contributed by atoms with E-state index in [1.165, 1.54) is 18.4 Å². The van der Waals surface area contributed by atoms with Gasteiger partial charge in [-0.3, -0.25) is 9.59 Å². The van der Waals surface area contributed by atoms with Crippen LogP contribution in [0.1, 0.15) is 48.5 Å². The highest BCUT2D eigenvalue weighted by Gasteiger charge is 2.29. The first kappa shape index (κ1) is 17.2. The van der Waals surface area contributed by atoms with Gasteiger partial charge in [0.2, 0.25) is 5.91 Å². The van der Waals surface area contributed by atoms with E-state index in [0.717, 1.165) is 30.6 Å². The molecule has 3 rings (SSSR count). The van der Waals surface area contributed by atoms with Gasteiger partial charge in [-0.25, -0.2) is 0 Å². The number of benzene rings is 2. The van der Waals surface area contributed by atoms with Crippen molar-refractivity contribution < 1.29 is 9.59 Å². The quantitative estimate of drug-likeness (QED) is 0.774. The minimum atomic E-state index is -0.152. The molecule has 0 heterocycles. The zero-order valence-corrected chi connectivity index (χ0v) is 14.5. The normalized spacial score (nSPS) is 13.3. The maximum atomic E-state index is 12.3. The minimum absolute atomic E-state index is 0.0698. The first-order valence-corrected chi connectivity index (χ1v) is 8.97. The van der Waals surface area contributed by atoms with Crippen LogP contribution in [0.3, 0.4) is 0 Å². The van der Waals surface area contributed by atoms with E-state index < -0.39 is 0 Å². The summed E-state index contributed by atoms with van der Waals surface area (Å²) in [6.45, 7) is 2.18. The molecule has 4 heteroatoms. The molecular weight excluding hydrogens is 312 g/mol. The monoisotopic (exact) mass is 336 g/mol. The minimum Gasteiger partial charge on any atom is -0.326 e. The highest BCUT2D eigenvalue weighted by atomic mass is 16.2. The predicted molar refractivity (Wildman–Crippen MR) is 101 cm³/mol. The van der Waals surface area contributed by atoms with Crippen molar-refractivity contribution in [2.75, 3.05) is 10.6 Å². The summed E-state index contributed by atoms with van der Waals surface area (Å²) in [5.74, 6) is 0.0880. The van der Waals surface area contributed by atoms with Crippen LogP contribution in [-0.4, -0.2) is 11.8 Å². The molecule has 4 nitrogen and oxygen atoms in total. The number of hydrogen-bond donors (Lipinski definition) is 2. The van der Waals surface area contributed by atoms with E-state index in [0.29, 0.717) is 5.56 Å². The summed E-state index contributed by atoms with van der Waals surface area (Å²) in [6, 6.07) is 15.0. The van der Waals surface area contributed by atoms with Gasteiger partial charge in [0, 0.05) is 22.9 Å². The zero-order chi connectivity index (χ0) is 17.6. The smallest absolute Gasteiger partial charge is 0.255 e. The van der Waals surface area contributed by atoms with E-state index in [4.69, 9.17) is 0 Å². The van der Waals surface area contributed by atoms with Crippen molar-refractivity contribution >= 4 is 23.2 Å². The number of anilines is 2. The Kier molecular flexibility index (Phi) is 5.49. The number of carbonyl (C=O) groups is 2. The Morgan fingerprint density at radius 3 is 2.12 bits per heavy atom. The number of unbranched alkanes of at least 4 members (excludes halogenated alkanes) is 1. The molecule has 2 N–H and O–H groups in total. The average Bonchev–Trinajstić information content (AvgIpc) is 3.47. The van der Waals surface area contributed by atoms with Crippen molar-refractivity contribution in [3.63, 3.8) is 0 Å².